The summed E-state index contributed by atoms with van der Waals surface area (Å²) in [4.78, 5) is 0. The van der Waals surface area contributed by atoms with E-state index in [1.54, 1.807) is 0 Å². The fourth-order valence-electron chi connectivity index (χ4n) is 1.84. The van der Waals surface area contributed by atoms with Crippen LogP contribution in [-0.4, -0.2) is 23.8 Å². The third-order valence-electron chi connectivity index (χ3n) is 2.90. The Morgan fingerprint density at radius 2 is 1.88 bits per heavy atom. The number of benzene rings is 1. The number of hydrogen-bond acceptors (Lipinski definition) is 2. The molecule has 1 unspecified atom stereocenters. The van der Waals surface area contributed by atoms with E-state index in [1.807, 2.05) is 0 Å². The Bertz CT molecular complexity index is 290. The van der Waals surface area contributed by atoms with Gasteiger partial charge in [-0.15, -0.1) is 0 Å². The lowest BCUT2D eigenvalue weighted by atomic mass is 10.0. The zero-order valence-electron chi connectivity index (χ0n) is 10.5. The molecule has 0 aliphatic rings. The van der Waals surface area contributed by atoms with Gasteiger partial charge in [-0.2, -0.15) is 0 Å². The summed E-state index contributed by atoms with van der Waals surface area (Å²) in [5.74, 6) is 0. The predicted octanol–water partition coefficient (Wildman–Crippen LogP) is 2.29. The zero-order chi connectivity index (χ0) is 12.0. The molecule has 1 aromatic rings. The largest absolute Gasteiger partial charge is 0.395 e. The number of rotatable bonds is 6. The molecule has 0 bridgehead atoms. The molecule has 0 radical (unpaired) electrons. The molecule has 0 aliphatic heterocycles. The van der Waals surface area contributed by atoms with Gasteiger partial charge in [-0.1, -0.05) is 36.8 Å². The van der Waals surface area contributed by atoms with Crippen LogP contribution in [0, 0.1) is 6.92 Å². The van der Waals surface area contributed by atoms with E-state index in [1.165, 1.54) is 11.1 Å². The summed E-state index contributed by atoms with van der Waals surface area (Å²) < 4.78 is 0. The molecule has 0 amide bonds. The Morgan fingerprint density at radius 1 is 1.25 bits per heavy atom. The van der Waals surface area contributed by atoms with Gasteiger partial charge in [-0.3, -0.25) is 0 Å². The summed E-state index contributed by atoms with van der Waals surface area (Å²) in [7, 11) is 0. The molecule has 1 rings (SSSR count). The Hall–Kier alpha value is -0.860. The van der Waals surface area contributed by atoms with Crippen LogP contribution in [0.25, 0.3) is 0 Å². The van der Waals surface area contributed by atoms with E-state index in [0.717, 1.165) is 12.8 Å². The predicted molar refractivity (Wildman–Crippen MR) is 68.6 cm³/mol. The molecule has 16 heavy (non-hydrogen) atoms. The third kappa shape index (κ3) is 4.33. The topological polar surface area (TPSA) is 32.3 Å². The van der Waals surface area contributed by atoms with Crippen molar-refractivity contribution in [3.63, 3.8) is 0 Å². The zero-order valence-corrected chi connectivity index (χ0v) is 10.5. The van der Waals surface area contributed by atoms with Crippen LogP contribution >= 0.6 is 0 Å². The van der Waals surface area contributed by atoms with Crippen LogP contribution < -0.4 is 5.32 Å². The molecule has 2 nitrogen and oxygen atoms in total. The number of aliphatic hydroxyl groups is 1. The van der Waals surface area contributed by atoms with Crippen LogP contribution in [0.1, 0.15) is 31.4 Å². The quantitative estimate of drug-likeness (QED) is 0.772. The van der Waals surface area contributed by atoms with Crippen LogP contribution in [0.3, 0.4) is 0 Å². The van der Waals surface area contributed by atoms with E-state index in [4.69, 9.17) is 5.11 Å². The summed E-state index contributed by atoms with van der Waals surface area (Å²) in [5, 5.41) is 12.5. The molecule has 0 saturated carbocycles. The minimum Gasteiger partial charge on any atom is -0.395 e. The van der Waals surface area contributed by atoms with Crippen molar-refractivity contribution in [2.75, 3.05) is 6.61 Å². The highest BCUT2D eigenvalue weighted by atomic mass is 16.3. The van der Waals surface area contributed by atoms with Gasteiger partial charge in [-0.05, 0) is 32.3 Å². The van der Waals surface area contributed by atoms with Gasteiger partial charge in [0, 0.05) is 12.1 Å². The first-order valence-electron chi connectivity index (χ1n) is 6.08. The number of nitrogens with one attached hydrogen (secondary N) is 1. The van der Waals surface area contributed by atoms with Crippen LogP contribution in [0.4, 0.5) is 0 Å². The molecule has 1 aromatic carbocycles. The summed E-state index contributed by atoms with van der Waals surface area (Å²) in [5.41, 5.74) is 2.64. The lowest BCUT2D eigenvalue weighted by Gasteiger charge is -2.20. The number of aliphatic hydroxyl groups excluding tert-OH is 1. The van der Waals surface area contributed by atoms with Crippen molar-refractivity contribution in [3.05, 3.63) is 35.4 Å². The molecule has 0 heterocycles. The number of hydrogen-bond donors (Lipinski definition) is 2. The molecule has 2 N–H and O–H groups in total. The van der Waals surface area contributed by atoms with Gasteiger partial charge in [0.2, 0.25) is 0 Å². The maximum absolute atomic E-state index is 9.11. The molecule has 0 saturated heterocycles. The van der Waals surface area contributed by atoms with Gasteiger partial charge in [0.05, 0.1) is 6.61 Å². The second kappa shape index (κ2) is 6.66. The van der Waals surface area contributed by atoms with Gasteiger partial charge in [-0.25, -0.2) is 0 Å². The monoisotopic (exact) mass is 221 g/mol. The van der Waals surface area contributed by atoms with E-state index >= 15 is 0 Å². The average molecular weight is 221 g/mol. The molecule has 0 aromatic heterocycles. The Balaban J connectivity index is 2.44. The van der Waals surface area contributed by atoms with Crippen LogP contribution in [0.15, 0.2) is 24.3 Å². The molecular formula is C14H23NO. The van der Waals surface area contributed by atoms with Crippen molar-refractivity contribution < 1.29 is 5.11 Å². The highest BCUT2D eigenvalue weighted by molar-refractivity contribution is 5.21. The first-order chi connectivity index (χ1) is 7.65. The third-order valence-corrected chi connectivity index (χ3v) is 2.90. The van der Waals surface area contributed by atoms with Crippen LogP contribution in [-0.2, 0) is 6.42 Å². The van der Waals surface area contributed by atoms with Gasteiger partial charge in [0.1, 0.15) is 0 Å². The molecular weight excluding hydrogens is 198 g/mol. The summed E-state index contributed by atoms with van der Waals surface area (Å²) in [6.45, 7) is 6.57. The van der Waals surface area contributed by atoms with Gasteiger partial charge in [0.25, 0.3) is 0 Å². The Labute approximate surface area is 98.7 Å². The summed E-state index contributed by atoms with van der Waals surface area (Å²) in [6.07, 6.45) is 1.98. The van der Waals surface area contributed by atoms with Crippen molar-refractivity contribution >= 4 is 0 Å². The van der Waals surface area contributed by atoms with E-state index < -0.39 is 0 Å². The fraction of sp³-hybridized carbons (Fsp3) is 0.571. The molecule has 0 aliphatic carbocycles. The SMILES string of the molecule is CC[C@H](CO)NC(C)Cc1ccc(C)cc1. The first kappa shape index (κ1) is 13.2. The van der Waals surface area contributed by atoms with Crippen LogP contribution in [0.2, 0.25) is 0 Å². The van der Waals surface area contributed by atoms with E-state index in [2.05, 4.69) is 50.4 Å². The van der Waals surface area contributed by atoms with Gasteiger partial charge < -0.3 is 10.4 Å². The molecule has 0 fully saturated rings. The maximum Gasteiger partial charge on any atom is 0.0584 e. The molecule has 90 valence electrons. The van der Waals surface area contributed by atoms with E-state index in [0.29, 0.717) is 6.04 Å². The van der Waals surface area contributed by atoms with Gasteiger partial charge >= 0.3 is 0 Å². The van der Waals surface area contributed by atoms with Crippen molar-refractivity contribution in [1.82, 2.24) is 5.32 Å². The minimum atomic E-state index is 0.217. The highest BCUT2D eigenvalue weighted by Crippen LogP contribution is 2.06. The lowest BCUT2D eigenvalue weighted by molar-refractivity contribution is 0.229. The highest BCUT2D eigenvalue weighted by Gasteiger charge is 2.09. The van der Waals surface area contributed by atoms with Crippen molar-refractivity contribution in [2.24, 2.45) is 0 Å². The first-order valence-corrected chi connectivity index (χ1v) is 6.08. The minimum absolute atomic E-state index is 0.217. The van der Waals surface area contributed by atoms with Crippen molar-refractivity contribution in [3.8, 4) is 0 Å². The summed E-state index contributed by atoms with van der Waals surface area (Å²) in [6, 6.07) is 9.26. The maximum atomic E-state index is 9.11. The van der Waals surface area contributed by atoms with Crippen molar-refractivity contribution in [1.29, 1.82) is 0 Å². The second-order valence-electron chi connectivity index (χ2n) is 4.55. The summed E-state index contributed by atoms with van der Waals surface area (Å²) >= 11 is 0. The smallest absolute Gasteiger partial charge is 0.0584 e. The normalized spacial score (nSPS) is 14.8. The van der Waals surface area contributed by atoms with Crippen LogP contribution in [0.5, 0.6) is 0 Å². The van der Waals surface area contributed by atoms with Gasteiger partial charge in [0.15, 0.2) is 0 Å². The van der Waals surface area contributed by atoms with Crippen molar-refractivity contribution in [2.45, 2.75) is 45.7 Å². The van der Waals surface area contributed by atoms with E-state index in [-0.39, 0.29) is 12.6 Å². The van der Waals surface area contributed by atoms with E-state index in [9.17, 15) is 0 Å². The Kier molecular flexibility index (Phi) is 5.50. The lowest BCUT2D eigenvalue weighted by Crippen LogP contribution is -2.39. The molecule has 0 spiro atoms. The second-order valence-corrected chi connectivity index (χ2v) is 4.55. The average Bonchev–Trinajstić information content (AvgIpc) is 2.29. The Morgan fingerprint density at radius 3 is 2.38 bits per heavy atom. The fourth-order valence-corrected chi connectivity index (χ4v) is 1.84. The molecule has 2 atom stereocenters. The molecule has 2 heteroatoms. The number of aryl methyl sites for hydroxylation is 1. The standard InChI is InChI=1S/C14H23NO/c1-4-14(10-16)15-12(3)9-13-7-5-11(2)6-8-13/h5-8,12,14-16H,4,9-10H2,1-3H3/t12?,14-/m1/s1.